The monoisotopic (exact) mass is 664 g/mol. The summed E-state index contributed by atoms with van der Waals surface area (Å²) in [4.78, 5) is 22.0. The molecule has 1 aliphatic heterocycles. The van der Waals surface area contributed by atoms with E-state index in [4.69, 9.17) is 4.74 Å². The quantitative estimate of drug-likeness (QED) is 0.149. The summed E-state index contributed by atoms with van der Waals surface area (Å²) in [5.74, 6) is 1.61. The molecule has 1 amide bonds. The summed E-state index contributed by atoms with van der Waals surface area (Å²) in [5, 5.41) is 11.6. The molecule has 3 aromatic carbocycles. The van der Waals surface area contributed by atoms with Crippen molar-refractivity contribution in [3.8, 4) is 11.4 Å². The number of anilines is 1. The van der Waals surface area contributed by atoms with Gasteiger partial charge in [0.25, 0.3) is 5.91 Å². The SMILES string of the molecule is CCOc1ccccc1N1CCN(C(=O)c2csc(CSc3nnc(Cc4ccccc4)n3-c3cccc(C(F)(F)F)c3)n2)CC1. The van der Waals surface area contributed by atoms with E-state index < -0.39 is 11.7 Å². The number of amides is 1. The van der Waals surface area contributed by atoms with Crippen LogP contribution < -0.4 is 9.64 Å². The first kappa shape index (κ1) is 31.6. The molecule has 13 heteroatoms. The summed E-state index contributed by atoms with van der Waals surface area (Å²) in [5.41, 5.74) is 1.94. The highest BCUT2D eigenvalue weighted by molar-refractivity contribution is 7.98. The van der Waals surface area contributed by atoms with Gasteiger partial charge in [-0.1, -0.05) is 60.3 Å². The van der Waals surface area contributed by atoms with Crippen molar-refractivity contribution in [2.45, 2.75) is 30.4 Å². The summed E-state index contributed by atoms with van der Waals surface area (Å²) < 4.78 is 48.2. The Labute approximate surface area is 272 Å². The fourth-order valence-electron chi connectivity index (χ4n) is 5.28. The number of ether oxygens (including phenoxy) is 1. The zero-order valence-corrected chi connectivity index (χ0v) is 26.6. The highest BCUT2D eigenvalue weighted by Crippen LogP contribution is 2.33. The lowest BCUT2D eigenvalue weighted by Crippen LogP contribution is -2.49. The minimum atomic E-state index is -4.48. The number of aromatic nitrogens is 4. The molecule has 0 bridgehead atoms. The third-order valence-corrected chi connectivity index (χ3v) is 9.48. The first-order valence-corrected chi connectivity index (χ1v) is 16.7. The second-order valence-corrected chi connectivity index (χ2v) is 12.4. The summed E-state index contributed by atoms with van der Waals surface area (Å²) in [7, 11) is 0. The fraction of sp³-hybridized carbons (Fsp3) is 0.273. The topological polar surface area (TPSA) is 76.4 Å². The standard InChI is InChI=1S/C33H31F3N6O2S2/c1-2-44-28-14-7-6-13-27(28)40-15-17-41(18-16-40)31(43)26-21-45-30(37-26)22-46-32-39-38-29(19-23-9-4-3-5-10-23)42(32)25-12-8-11-24(20-25)33(34,35)36/h3-14,20-21H,2,15-19,22H2,1H3. The lowest BCUT2D eigenvalue weighted by atomic mass is 10.1. The molecule has 0 atom stereocenters. The van der Waals surface area contributed by atoms with Crippen molar-refractivity contribution < 1.29 is 22.7 Å². The van der Waals surface area contributed by atoms with E-state index in [9.17, 15) is 18.0 Å². The van der Waals surface area contributed by atoms with Crippen LogP contribution in [0.2, 0.25) is 0 Å². The van der Waals surface area contributed by atoms with Crippen LogP contribution in [-0.2, 0) is 18.3 Å². The first-order valence-electron chi connectivity index (χ1n) is 14.8. The van der Waals surface area contributed by atoms with Crippen molar-refractivity contribution in [2.75, 3.05) is 37.7 Å². The second kappa shape index (κ2) is 14.0. The zero-order chi connectivity index (χ0) is 32.1. The number of rotatable bonds is 10. The molecule has 0 spiro atoms. The number of thiazole rings is 1. The molecule has 0 unspecified atom stereocenters. The molecule has 5 aromatic rings. The first-order chi connectivity index (χ1) is 22.3. The van der Waals surface area contributed by atoms with E-state index in [2.05, 4.69) is 20.1 Å². The van der Waals surface area contributed by atoms with Gasteiger partial charge >= 0.3 is 6.18 Å². The van der Waals surface area contributed by atoms with Crippen molar-refractivity contribution in [2.24, 2.45) is 0 Å². The van der Waals surface area contributed by atoms with Crippen LogP contribution in [0.25, 0.3) is 5.69 Å². The molecular weight excluding hydrogens is 634 g/mol. The summed E-state index contributed by atoms with van der Waals surface area (Å²) in [6.45, 7) is 5.02. The van der Waals surface area contributed by atoms with Crippen LogP contribution in [0, 0.1) is 0 Å². The number of piperazine rings is 1. The van der Waals surface area contributed by atoms with Crippen molar-refractivity contribution in [1.29, 1.82) is 0 Å². The Morgan fingerprint density at radius 1 is 0.957 bits per heavy atom. The van der Waals surface area contributed by atoms with Gasteiger partial charge in [-0.2, -0.15) is 13.2 Å². The highest BCUT2D eigenvalue weighted by atomic mass is 32.2. The van der Waals surface area contributed by atoms with Crippen molar-refractivity contribution in [3.05, 3.63) is 112 Å². The minimum absolute atomic E-state index is 0.123. The number of carbonyl (C=O) groups excluding carboxylic acids is 1. The van der Waals surface area contributed by atoms with E-state index in [0.29, 0.717) is 72.3 Å². The van der Waals surface area contributed by atoms with Crippen LogP contribution in [0.1, 0.15) is 39.4 Å². The summed E-state index contributed by atoms with van der Waals surface area (Å²) in [6.07, 6.45) is -4.09. The third kappa shape index (κ3) is 7.20. The van der Waals surface area contributed by atoms with Gasteiger partial charge in [0.2, 0.25) is 0 Å². The van der Waals surface area contributed by atoms with Gasteiger partial charge in [0.05, 0.1) is 29.3 Å². The van der Waals surface area contributed by atoms with Crippen LogP contribution in [0.5, 0.6) is 5.75 Å². The Morgan fingerprint density at radius 3 is 2.48 bits per heavy atom. The third-order valence-electron chi connectivity index (χ3n) is 7.51. The Morgan fingerprint density at radius 2 is 1.72 bits per heavy atom. The van der Waals surface area contributed by atoms with E-state index >= 15 is 0 Å². The molecule has 3 heterocycles. The maximum absolute atomic E-state index is 13.6. The molecular formula is C33H31F3N6O2S2. The van der Waals surface area contributed by atoms with Crippen LogP contribution in [0.3, 0.4) is 0 Å². The van der Waals surface area contributed by atoms with Crippen molar-refractivity contribution in [1.82, 2.24) is 24.6 Å². The van der Waals surface area contributed by atoms with Gasteiger partial charge in [0.1, 0.15) is 22.3 Å². The van der Waals surface area contributed by atoms with Crippen LogP contribution in [-0.4, -0.2) is 63.3 Å². The van der Waals surface area contributed by atoms with Crippen molar-refractivity contribution >= 4 is 34.7 Å². The van der Waals surface area contributed by atoms with Crippen LogP contribution in [0.15, 0.2) is 89.4 Å². The lowest BCUT2D eigenvalue weighted by molar-refractivity contribution is -0.137. The maximum Gasteiger partial charge on any atom is 0.416 e. The number of halogens is 3. The molecule has 46 heavy (non-hydrogen) atoms. The number of para-hydroxylation sites is 2. The van der Waals surface area contributed by atoms with E-state index in [-0.39, 0.29) is 5.91 Å². The van der Waals surface area contributed by atoms with Gasteiger partial charge in [0, 0.05) is 38.0 Å². The minimum Gasteiger partial charge on any atom is -0.492 e. The smallest absolute Gasteiger partial charge is 0.416 e. The second-order valence-electron chi connectivity index (χ2n) is 10.5. The highest BCUT2D eigenvalue weighted by Gasteiger charge is 2.31. The number of benzene rings is 3. The van der Waals surface area contributed by atoms with Gasteiger partial charge in [-0.3, -0.25) is 9.36 Å². The molecule has 0 saturated carbocycles. The molecule has 1 aliphatic rings. The number of carbonyl (C=O) groups is 1. The number of nitrogens with zero attached hydrogens (tertiary/aromatic N) is 6. The average molecular weight is 665 g/mol. The maximum atomic E-state index is 13.6. The molecule has 2 aromatic heterocycles. The molecule has 8 nitrogen and oxygen atoms in total. The molecule has 238 valence electrons. The normalized spacial score (nSPS) is 13.7. The number of alkyl halides is 3. The number of hydrogen-bond donors (Lipinski definition) is 0. The summed E-state index contributed by atoms with van der Waals surface area (Å²) >= 11 is 2.69. The number of thioether (sulfide) groups is 1. The largest absolute Gasteiger partial charge is 0.492 e. The van der Waals surface area contributed by atoms with Crippen LogP contribution in [0.4, 0.5) is 18.9 Å². The van der Waals surface area contributed by atoms with Crippen molar-refractivity contribution in [3.63, 3.8) is 0 Å². The van der Waals surface area contributed by atoms with Gasteiger partial charge < -0.3 is 14.5 Å². The molecule has 0 radical (unpaired) electrons. The molecule has 6 rings (SSSR count). The molecule has 0 aliphatic carbocycles. The Balaban J connectivity index is 1.14. The predicted molar refractivity (Wildman–Crippen MR) is 173 cm³/mol. The molecule has 1 fully saturated rings. The number of hydrogen-bond acceptors (Lipinski definition) is 8. The van der Waals surface area contributed by atoms with E-state index in [1.54, 1.807) is 16.0 Å². The molecule has 0 N–H and O–H groups in total. The summed E-state index contributed by atoms with van der Waals surface area (Å²) in [6, 6.07) is 22.7. The predicted octanol–water partition coefficient (Wildman–Crippen LogP) is 6.99. The lowest BCUT2D eigenvalue weighted by Gasteiger charge is -2.36. The Bertz CT molecular complexity index is 1790. The zero-order valence-electron chi connectivity index (χ0n) is 25.0. The van der Waals surface area contributed by atoms with E-state index in [1.165, 1.54) is 29.2 Å². The van der Waals surface area contributed by atoms with E-state index in [1.807, 2.05) is 66.4 Å². The van der Waals surface area contributed by atoms with Gasteiger partial charge in [-0.05, 0) is 42.8 Å². The Kier molecular flexibility index (Phi) is 9.59. The van der Waals surface area contributed by atoms with Gasteiger partial charge in [-0.15, -0.1) is 21.5 Å². The molecule has 1 saturated heterocycles. The fourth-order valence-corrected chi connectivity index (χ4v) is 7.03. The Hall–Kier alpha value is -4.36. The van der Waals surface area contributed by atoms with Crippen LogP contribution >= 0.6 is 23.1 Å². The van der Waals surface area contributed by atoms with Gasteiger partial charge in [0.15, 0.2) is 5.16 Å². The van der Waals surface area contributed by atoms with Gasteiger partial charge in [-0.25, -0.2) is 4.98 Å². The van der Waals surface area contributed by atoms with E-state index in [0.717, 1.165) is 29.1 Å². The average Bonchev–Trinajstić information content (AvgIpc) is 3.71.